The smallest absolute Gasteiger partial charge is 0.302 e. The number of ether oxygens (including phenoxy) is 1. The summed E-state index contributed by atoms with van der Waals surface area (Å²) in [5.41, 5.74) is 1.53. The molecule has 1 heterocycles. The van der Waals surface area contributed by atoms with Crippen LogP contribution in [0.3, 0.4) is 0 Å². The fraction of sp³-hybridized carbons (Fsp3) is 0.250. The first kappa shape index (κ1) is 18.1. The van der Waals surface area contributed by atoms with Crippen molar-refractivity contribution in [3.63, 3.8) is 0 Å². The molecule has 1 aromatic heterocycles. The Morgan fingerprint density at radius 1 is 1.08 bits per heavy atom. The first-order valence-electron chi connectivity index (χ1n) is 8.45. The number of fused-ring (bicyclic) bond motifs is 1. The average Bonchev–Trinajstić information content (AvgIpc) is 2.64. The van der Waals surface area contributed by atoms with Gasteiger partial charge in [-0.15, -0.1) is 0 Å². The van der Waals surface area contributed by atoms with Crippen molar-refractivity contribution in [2.24, 2.45) is 0 Å². The van der Waals surface area contributed by atoms with Crippen molar-refractivity contribution in [2.75, 3.05) is 6.61 Å². The van der Waals surface area contributed by atoms with E-state index in [2.05, 4.69) is 5.10 Å². The van der Waals surface area contributed by atoms with Crippen molar-refractivity contribution in [1.29, 1.82) is 0 Å². The molecule has 0 bridgehead atoms. The molecule has 0 aliphatic carbocycles. The van der Waals surface area contributed by atoms with Crippen molar-refractivity contribution in [3.05, 3.63) is 63.9 Å². The van der Waals surface area contributed by atoms with Crippen LogP contribution >= 0.6 is 11.6 Å². The molecule has 26 heavy (non-hydrogen) atoms. The van der Waals surface area contributed by atoms with E-state index in [1.165, 1.54) is 11.6 Å². The van der Waals surface area contributed by atoms with Gasteiger partial charge in [0.1, 0.15) is 0 Å². The Labute approximate surface area is 156 Å². The van der Waals surface area contributed by atoms with Crippen molar-refractivity contribution < 1.29 is 9.53 Å². The molecule has 2 aromatic carbocycles. The maximum atomic E-state index is 12.7. The zero-order chi connectivity index (χ0) is 18.5. The van der Waals surface area contributed by atoms with Gasteiger partial charge in [0.25, 0.3) is 5.56 Å². The van der Waals surface area contributed by atoms with Gasteiger partial charge in [0.15, 0.2) is 0 Å². The third-order valence-corrected chi connectivity index (χ3v) is 4.31. The van der Waals surface area contributed by atoms with Gasteiger partial charge >= 0.3 is 5.97 Å². The molecule has 6 heteroatoms. The number of benzene rings is 2. The predicted octanol–water partition coefficient (Wildman–Crippen LogP) is 4.06. The minimum atomic E-state index is -0.295. The van der Waals surface area contributed by atoms with E-state index in [0.29, 0.717) is 36.4 Å². The number of aromatic nitrogens is 2. The standard InChI is InChI=1S/C20H19ClN2O3/c1-14(24)26-13-5-4-12-23-20(25)18-7-3-2-6-17(18)19(22-23)15-8-10-16(21)11-9-15/h2-3,6-11H,4-5,12-13H2,1H3. The molecule has 3 rings (SSSR count). The Balaban J connectivity index is 1.94. The average molecular weight is 371 g/mol. The molecule has 0 atom stereocenters. The molecule has 0 saturated carbocycles. The Morgan fingerprint density at radius 3 is 2.46 bits per heavy atom. The van der Waals surface area contributed by atoms with Gasteiger partial charge in [-0.05, 0) is 31.0 Å². The van der Waals surface area contributed by atoms with Gasteiger partial charge < -0.3 is 4.74 Å². The Kier molecular flexibility index (Phi) is 5.68. The van der Waals surface area contributed by atoms with E-state index in [0.717, 1.165) is 16.6 Å². The van der Waals surface area contributed by atoms with Gasteiger partial charge in [-0.1, -0.05) is 41.9 Å². The Morgan fingerprint density at radius 2 is 1.77 bits per heavy atom. The van der Waals surface area contributed by atoms with Gasteiger partial charge in [-0.25, -0.2) is 4.68 Å². The van der Waals surface area contributed by atoms with Crippen LogP contribution < -0.4 is 5.56 Å². The van der Waals surface area contributed by atoms with Gasteiger partial charge in [0, 0.05) is 29.4 Å². The van der Waals surface area contributed by atoms with E-state index in [-0.39, 0.29) is 11.5 Å². The van der Waals surface area contributed by atoms with Crippen molar-refractivity contribution in [3.8, 4) is 11.3 Å². The zero-order valence-electron chi connectivity index (χ0n) is 14.4. The first-order chi connectivity index (χ1) is 12.6. The number of esters is 1. The van der Waals surface area contributed by atoms with E-state index in [4.69, 9.17) is 16.3 Å². The molecule has 0 aliphatic heterocycles. The van der Waals surface area contributed by atoms with E-state index in [1.54, 1.807) is 0 Å². The van der Waals surface area contributed by atoms with Crippen molar-refractivity contribution >= 4 is 28.3 Å². The quantitative estimate of drug-likeness (QED) is 0.485. The summed E-state index contributed by atoms with van der Waals surface area (Å²) in [4.78, 5) is 23.5. The van der Waals surface area contributed by atoms with Crippen molar-refractivity contribution in [2.45, 2.75) is 26.3 Å². The Bertz CT molecular complexity index is 981. The molecule has 134 valence electrons. The summed E-state index contributed by atoms with van der Waals surface area (Å²) in [5.74, 6) is -0.295. The lowest BCUT2D eigenvalue weighted by atomic mass is 10.1. The van der Waals surface area contributed by atoms with Crippen LogP contribution in [-0.2, 0) is 16.1 Å². The van der Waals surface area contributed by atoms with Gasteiger partial charge in [-0.2, -0.15) is 5.10 Å². The van der Waals surface area contributed by atoms with Crippen LogP contribution in [0.4, 0.5) is 0 Å². The maximum Gasteiger partial charge on any atom is 0.302 e. The fourth-order valence-electron chi connectivity index (χ4n) is 2.79. The van der Waals surface area contributed by atoms with Crippen LogP contribution in [0.5, 0.6) is 0 Å². The predicted molar refractivity (Wildman–Crippen MR) is 102 cm³/mol. The number of aryl methyl sites for hydroxylation is 1. The van der Waals surface area contributed by atoms with Crippen LogP contribution in [0, 0.1) is 0 Å². The van der Waals surface area contributed by atoms with Crippen LogP contribution in [0.25, 0.3) is 22.0 Å². The minimum Gasteiger partial charge on any atom is -0.466 e. The summed E-state index contributed by atoms with van der Waals surface area (Å²) >= 11 is 5.98. The van der Waals surface area contributed by atoms with Gasteiger partial charge in [0.2, 0.25) is 0 Å². The fourth-order valence-corrected chi connectivity index (χ4v) is 2.91. The second-order valence-corrected chi connectivity index (χ2v) is 6.41. The lowest BCUT2D eigenvalue weighted by Gasteiger charge is -2.11. The summed E-state index contributed by atoms with van der Waals surface area (Å²) in [5, 5.41) is 6.68. The number of carbonyl (C=O) groups is 1. The number of unbranched alkanes of at least 4 members (excludes halogenated alkanes) is 1. The minimum absolute atomic E-state index is 0.120. The van der Waals surface area contributed by atoms with E-state index >= 15 is 0 Å². The van der Waals surface area contributed by atoms with Crippen LogP contribution in [-0.4, -0.2) is 22.4 Å². The lowest BCUT2D eigenvalue weighted by Crippen LogP contribution is -2.24. The lowest BCUT2D eigenvalue weighted by molar-refractivity contribution is -0.141. The summed E-state index contributed by atoms with van der Waals surface area (Å²) in [6.45, 7) is 2.20. The first-order valence-corrected chi connectivity index (χ1v) is 8.83. The number of hydrogen-bond donors (Lipinski definition) is 0. The summed E-state index contributed by atoms with van der Waals surface area (Å²) in [6.07, 6.45) is 1.37. The number of rotatable bonds is 6. The van der Waals surface area contributed by atoms with Crippen LogP contribution in [0.2, 0.25) is 5.02 Å². The second kappa shape index (κ2) is 8.15. The molecule has 0 saturated heterocycles. The summed E-state index contributed by atoms with van der Waals surface area (Å²) in [6, 6.07) is 14.9. The third-order valence-electron chi connectivity index (χ3n) is 4.05. The SMILES string of the molecule is CC(=O)OCCCCn1nc(-c2ccc(Cl)cc2)c2ccccc2c1=O. The highest BCUT2D eigenvalue weighted by molar-refractivity contribution is 6.30. The third kappa shape index (κ3) is 4.11. The molecular formula is C20H19ClN2O3. The molecule has 0 fully saturated rings. The molecule has 0 spiro atoms. The molecule has 5 nitrogen and oxygen atoms in total. The zero-order valence-corrected chi connectivity index (χ0v) is 15.2. The molecule has 3 aromatic rings. The van der Waals surface area contributed by atoms with Crippen molar-refractivity contribution in [1.82, 2.24) is 9.78 Å². The molecule has 0 amide bonds. The topological polar surface area (TPSA) is 61.2 Å². The monoisotopic (exact) mass is 370 g/mol. The molecular weight excluding hydrogens is 352 g/mol. The Hall–Kier alpha value is -2.66. The highest BCUT2D eigenvalue weighted by Gasteiger charge is 2.12. The second-order valence-electron chi connectivity index (χ2n) is 5.98. The number of hydrogen-bond acceptors (Lipinski definition) is 4. The highest BCUT2D eigenvalue weighted by atomic mass is 35.5. The number of nitrogens with zero attached hydrogens (tertiary/aromatic N) is 2. The van der Waals surface area contributed by atoms with E-state index in [9.17, 15) is 9.59 Å². The van der Waals surface area contributed by atoms with Gasteiger partial charge in [-0.3, -0.25) is 9.59 Å². The maximum absolute atomic E-state index is 12.7. The van der Waals surface area contributed by atoms with Crippen LogP contribution in [0.15, 0.2) is 53.3 Å². The number of halogens is 1. The number of carbonyl (C=O) groups excluding carboxylic acids is 1. The van der Waals surface area contributed by atoms with Crippen LogP contribution in [0.1, 0.15) is 19.8 Å². The summed E-state index contributed by atoms with van der Waals surface area (Å²) < 4.78 is 6.41. The summed E-state index contributed by atoms with van der Waals surface area (Å²) in [7, 11) is 0. The largest absolute Gasteiger partial charge is 0.466 e. The molecule has 0 N–H and O–H groups in total. The van der Waals surface area contributed by atoms with E-state index < -0.39 is 0 Å². The molecule has 0 aliphatic rings. The highest BCUT2D eigenvalue weighted by Crippen LogP contribution is 2.25. The van der Waals surface area contributed by atoms with E-state index in [1.807, 2.05) is 48.5 Å². The normalized spacial score (nSPS) is 10.8. The molecule has 0 unspecified atom stereocenters. The molecule has 0 radical (unpaired) electrons. The van der Waals surface area contributed by atoms with Gasteiger partial charge in [0.05, 0.1) is 17.7 Å².